The Morgan fingerprint density at radius 3 is 2.34 bits per heavy atom. The summed E-state index contributed by atoms with van der Waals surface area (Å²) in [4.78, 5) is 39.8. The number of halogens is 1. The number of nitrogens with zero attached hydrogens (tertiary/aromatic N) is 2. The largest absolute Gasteiger partial charge is 0.497 e. The number of rotatable bonds is 8. The molecular formula is C27H28FN3O4. The van der Waals surface area contributed by atoms with Crippen LogP contribution in [-0.4, -0.2) is 40.8 Å². The molecule has 35 heavy (non-hydrogen) atoms. The predicted molar refractivity (Wildman–Crippen MR) is 129 cm³/mol. The van der Waals surface area contributed by atoms with Crippen molar-refractivity contribution in [2.75, 3.05) is 13.7 Å². The maximum atomic E-state index is 13.3. The van der Waals surface area contributed by atoms with Crippen molar-refractivity contribution in [1.82, 2.24) is 14.8 Å². The molecule has 2 aromatic carbocycles. The van der Waals surface area contributed by atoms with Gasteiger partial charge in [0.15, 0.2) is 5.78 Å². The highest BCUT2D eigenvalue weighted by molar-refractivity contribution is 6.11. The number of aromatic nitrogens is 1. The molecule has 2 heterocycles. The molecule has 3 amide bonds. The number of nitrogens with one attached hydrogen (secondary N) is 1. The number of imide groups is 1. The van der Waals surface area contributed by atoms with Crippen LogP contribution < -0.4 is 10.1 Å². The second-order valence-corrected chi connectivity index (χ2v) is 8.91. The molecule has 1 aliphatic heterocycles. The second-order valence-electron chi connectivity index (χ2n) is 8.91. The van der Waals surface area contributed by atoms with Crippen LogP contribution in [0.5, 0.6) is 5.75 Å². The van der Waals surface area contributed by atoms with Crippen molar-refractivity contribution in [2.45, 2.75) is 39.3 Å². The summed E-state index contributed by atoms with van der Waals surface area (Å²) in [7, 11) is 1.63. The van der Waals surface area contributed by atoms with Crippen LogP contribution in [0.1, 0.15) is 39.8 Å². The topological polar surface area (TPSA) is 80.6 Å². The third kappa shape index (κ3) is 4.56. The Labute approximate surface area is 203 Å². The standard InChI is InChI=1S/C27H28FN3O4/c1-17-15-23(18(2)30(17)14-13-19-5-11-22(35-4)12-6-19)24(32)16-31-25(33)27(3,29-26(31)34)20-7-9-21(28)10-8-20/h5-12,15H,13-14,16H2,1-4H3,(H,29,34). The van der Waals surface area contributed by atoms with Crippen molar-refractivity contribution < 1.29 is 23.5 Å². The summed E-state index contributed by atoms with van der Waals surface area (Å²) in [5, 5.41) is 2.65. The first-order valence-corrected chi connectivity index (χ1v) is 11.4. The fourth-order valence-electron chi connectivity index (χ4n) is 4.51. The van der Waals surface area contributed by atoms with Crippen LogP contribution >= 0.6 is 0 Å². The lowest BCUT2D eigenvalue weighted by atomic mass is 9.92. The molecule has 182 valence electrons. The first-order valence-electron chi connectivity index (χ1n) is 11.4. The lowest BCUT2D eigenvalue weighted by Crippen LogP contribution is -2.41. The van der Waals surface area contributed by atoms with Gasteiger partial charge in [0.2, 0.25) is 0 Å². The predicted octanol–water partition coefficient (Wildman–Crippen LogP) is 4.15. The number of carbonyl (C=O) groups is 3. The van der Waals surface area contributed by atoms with E-state index in [1.165, 1.54) is 24.3 Å². The Morgan fingerprint density at radius 1 is 1.06 bits per heavy atom. The number of benzene rings is 2. The molecule has 1 N–H and O–H groups in total. The highest BCUT2D eigenvalue weighted by Crippen LogP contribution is 2.29. The van der Waals surface area contributed by atoms with Gasteiger partial charge in [-0.25, -0.2) is 9.18 Å². The van der Waals surface area contributed by atoms with Crippen LogP contribution in [0, 0.1) is 19.7 Å². The van der Waals surface area contributed by atoms with E-state index in [9.17, 15) is 18.8 Å². The molecule has 0 radical (unpaired) electrons. The SMILES string of the molecule is COc1ccc(CCn2c(C)cc(C(=O)CN3C(=O)NC(C)(c4ccc(F)cc4)C3=O)c2C)cc1. The molecule has 1 saturated heterocycles. The summed E-state index contributed by atoms with van der Waals surface area (Å²) < 4.78 is 20.6. The van der Waals surface area contributed by atoms with E-state index in [1.807, 2.05) is 38.1 Å². The van der Waals surface area contributed by atoms with Gasteiger partial charge in [0, 0.05) is 23.5 Å². The molecule has 3 aromatic rings. The van der Waals surface area contributed by atoms with E-state index < -0.39 is 23.3 Å². The van der Waals surface area contributed by atoms with Crippen molar-refractivity contribution in [1.29, 1.82) is 0 Å². The molecule has 4 rings (SSSR count). The number of hydrogen-bond acceptors (Lipinski definition) is 4. The van der Waals surface area contributed by atoms with E-state index in [4.69, 9.17) is 4.74 Å². The van der Waals surface area contributed by atoms with Crippen molar-refractivity contribution >= 4 is 17.7 Å². The number of amides is 3. The van der Waals surface area contributed by atoms with Gasteiger partial charge in [0.05, 0.1) is 13.7 Å². The summed E-state index contributed by atoms with van der Waals surface area (Å²) in [5.74, 6) is -0.508. The third-order valence-corrected chi connectivity index (χ3v) is 6.66. The van der Waals surface area contributed by atoms with Crippen LogP contribution in [0.2, 0.25) is 0 Å². The molecule has 0 bridgehead atoms. The minimum absolute atomic E-state index is 0.319. The van der Waals surface area contributed by atoms with Gasteiger partial charge in [-0.15, -0.1) is 0 Å². The van der Waals surface area contributed by atoms with Crippen molar-refractivity contribution in [3.63, 3.8) is 0 Å². The number of carbonyl (C=O) groups excluding carboxylic acids is 3. The van der Waals surface area contributed by atoms with Gasteiger partial charge in [0.1, 0.15) is 17.1 Å². The molecule has 0 spiro atoms. The van der Waals surface area contributed by atoms with Crippen LogP contribution in [-0.2, 0) is 23.3 Å². The van der Waals surface area contributed by atoms with E-state index in [-0.39, 0.29) is 12.3 Å². The molecule has 1 aliphatic rings. The summed E-state index contributed by atoms with van der Waals surface area (Å²) in [6.45, 7) is 5.66. The number of ketones is 1. The molecule has 1 aromatic heterocycles. The Morgan fingerprint density at radius 2 is 1.71 bits per heavy atom. The summed E-state index contributed by atoms with van der Waals surface area (Å²) in [6.07, 6.45) is 0.775. The number of aryl methyl sites for hydroxylation is 2. The number of urea groups is 1. The summed E-state index contributed by atoms with van der Waals surface area (Å²) in [6, 6.07) is 14.4. The molecule has 1 unspecified atom stereocenters. The fourth-order valence-corrected chi connectivity index (χ4v) is 4.51. The Bertz CT molecular complexity index is 1280. The first-order chi connectivity index (χ1) is 16.6. The van der Waals surface area contributed by atoms with Crippen molar-refractivity contribution in [3.8, 4) is 5.75 Å². The minimum Gasteiger partial charge on any atom is -0.497 e. The molecule has 8 heteroatoms. The van der Waals surface area contributed by atoms with Crippen molar-refractivity contribution in [3.05, 3.63) is 88.5 Å². The average molecular weight is 478 g/mol. The van der Waals surface area contributed by atoms with E-state index >= 15 is 0 Å². The molecule has 7 nitrogen and oxygen atoms in total. The molecule has 0 aliphatic carbocycles. The maximum absolute atomic E-state index is 13.3. The summed E-state index contributed by atoms with van der Waals surface area (Å²) >= 11 is 0. The van der Waals surface area contributed by atoms with E-state index in [2.05, 4.69) is 9.88 Å². The third-order valence-electron chi connectivity index (χ3n) is 6.66. The smallest absolute Gasteiger partial charge is 0.325 e. The lowest BCUT2D eigenvalue weighted by Gasteiger charge is -2.22. The Balaban J connectivity index is 1.48. The summed E-state index contributed by atoms with van der Waals surface area (Å²) in [5.41, 5.74) is 2.42. The first kappa shape index (κ1) is 24.2. The quantitative estimate of drug-likeness (QED) is 0.391. The van der Waals surface area contributed by atoms with Gasteiger partial charge in [-0.2, -0.15) is 0 Å². The van der Waals surface area contributed by atoms with Crippen LogP contribution in [0.15, 0.2) is 54.6 Å². The zero-order valence-electron chi connectivity index (χ0n) is 20.2. The zero-order chi connectivity index (χ0) is 25.3. The van der Waals surface area contributed by atoms with Gasteiger partial charge in [-0.3, -0.25) is 14.5 Å². The minimum atomic E-state index is -1.36. The number of ether oxygens (including phenoxy) is 1. The zero-order valence-corrected chi connectivity index (χ0v) is 20.2. The average Bonchev–Trinajstić information content (AvgIpc) is 3.25. The Kier molecular flexibility index (Phi) is 6.47. The maximum Gasteiger partial charge on any atom is 0.325 e. The Hall–Kier alpha value is -3.94. The van der Waals surface area contributed by atoms with Crippen LogP contribution in [0.3, 0.4) is 0 Å². The lowest BCUT2D eigenvalue weighted by molar-refractivity contribution is -0.130. The number of methoxy groups -OCH3 is 1. The monoisotopic (exact) mass is 477 g/mol. The van der Waals surface area contributed by atoms with Gasteiger partial charge in [0.25, 0.3) is 5.91 Å². The van der Waals surface area contributed by atoms with Gasteiger partial charge in [-0.1, -0.05) is 24.3 Å². The van der Waals surface area contributed by atoms with Crippen LogP contribution in [0.4, 0.5) is 9.18 Å². The van der Waals surface area contributed by atoms with E-state index in [0.717, 1.165) is 34.0 Å². The fraction of sp³-hybridized carbons (Fsp3) is 0.296. The second kappa shape index (κ2) is 9.37. The highest BCUT2D eigenvalue weighted by atomic mass is 19.1. The molecule has 1 atom stereocenters. The van der Waals surface area contributed by atoms with Crippen molar-refractivity contribution in [2.24, 2.45) is 0 Å². The number of Topliss-reactive ketones (excluding diaryl/α,β-unsaturated/α-hetero) is 1. The molecule has 0 saturated carbocycles. The normalized spacial score (nSPS) is 17.6. The number of hydrogen-bond donors (Lipinski definition) is 1. The van der Waals surface area contributed by atoms with Gasteiger partial charge >= 0.3 is 6.03 Å². The van der Waals surface area contributed by atoms with E-state index in [0.29, 0.717) is 17.7 Å². The van der Waals surface area contributed by atoms with Gasteiger partial charge in [-0.05, 0) is 68.7 Å². The molecular weight excluding hydrogens is 449 g/mol. The highest BCUT2D eigenvalue weighted by Gasteiger charge is 2.49. The molecule has 1 fully saturated rings. The van der Waals surface area contributed by atoms with Gasteiger partial charge < -0.3 is 14.6 Å². The van der Waals surface area contributed by atoms with Crippen LogP contribution in [0.25, 0.3) is 0 Å². The van der Waals surface area contributed by atoms with E-state index in [1.54, 1.807) is 20.1 Å².